The second-order valence-corrected chi connectivity index (χ2v) is 7.97. The Morgan fingerprint density at radius 2 is 1.76 bits per heavy atom. The number of hydrogen-bond donors (Lipinski definition) is 0. The van der Waals surface area contributed by atoms with Crippen LogP contribution in [0.2, 0.25) is 0 Å². The maximum Gasteiger partial charge on any atom is 0.104 e. The van der Waals surface area contributed by atoms with Gasteiger partial charge in [-0.1, -0.05) is 64.9 Å². The molecule has 0 spiro atoms. The predicted molar refractivity (Wildman–Crippen MR) is 104 cm³/mol. The van der Waals surface area contributed by atoms with Crippen molar-refractivity contribution in [3.05, 3.63) is 12.8 Å². The lowest BCUT2D eigenvalue weighted by molar-refractivity contribution is -0.113. The lowest BCUT2D eigenvalue weighted by Gasteiger charge is -2.43. The van der Waals surface area contributed by atoms with E-state index in [4.69, 9.17) is 14.2 Å². The van der Waals surface area contributed by atoms with Crippen molar-refractivity contribution in [2.45, 2.75) is 102 Å². The zero-order valence-electron chi connectivity index (χ0n) is 16.5. The maximum atomic E-state index is 6.64. The third-order valence-electron chi connectivity index (χ3n) is 5.96. The molecule has 2 unspecified atom stereocenters. The summed E-state index contributed by atoms with van der Waals surface area (Å²) in [4.78, 5) is 0. The second kappa shape index (κ2) is 12.0. The first-order valence-corrected chi connectivity index (χ1v) is 10.8. The molecule has 2 fully saturated rings. The van der Waals surface area contributed by atoms with Crippen LogP contribution in [-0.2, 0) is 14.2 Å². The highest BCUT2D eigenvalue weighted by molar-refractivity contribution is 4.91. The number of unbranched alkanes of at least 4 members (excludes halogenated alkanes) is 4. The van der Waals surface area contributed by atoms with Crippen LogP contribution in [0.4, 0.5) is 0 Å². The Hall–Kier alpha value is -0.540. The highest BCUT2D eigenvalue weighted by atomic mass is 16.6. The van der Waals surface area contributed by atoms with Gasteiger partial charge in [0.1, 0.15) is 6.10 Å². The van der Waals surface area contributed by atoms with Gasteiger partial charge in [-0.25, -0.2) is 0 Å². The molecule has 0 aromatic carbocycles. The molecule has 146 valence electrons. The van der Waals surface area contributed by atoms with Gasteiger partial charge in [0.05, 0.1) is 31.7 Å². The lowest BCUT2D eigenvalue weighted by Crippen LogP contribution is -2.43. The standard InChI is InChI=1S/C22H40O3/c1-3-15-22(25-19-21-18-24-21,20-13-9-8-10-14-20)16-11-6-5-7-12-17-23-4-2/h4,20-21H,2-3,5-19H2,1H3. The Morgan fingerprint density at radius 1 is 1.04 bits per heavy atom. The summed E-state index contributed by atoms with van der Waals surface area (Å²) in [6.45, 7) is 8.43. The van der Waals surface area contributed by atoms with Gasteiger partial charge in [0.15, 0.2) is 0 Å². The van der Waals surface area contributed by atoms with Crippen molar-refractivity contribution in [2.24, 2.45) is 5.92 Å². The number of rotatable bonds is 15. The third kappa shape index (κ3) is 7.70. The second-order valence-electron chi connectivity index (χ2n) is 7.97. The molecule has 0 aromatic heterocycles. The molecule has 1 heterocycles. The van der Waals surface area contributed by atoms with Crippen molar-refractivity contribution in [1.82, 2.24) is 0 Å². The van der Waals surface area contributed by atoms with Gasteiger partial charge in [0.2, 0.25) is 0 Å². The number of epoxide rings is 1. The Morgan fingerprint density at radius 3 is 2.44 bits per heavy atom. The molecule has 3 nitrogen and oxygen atoms in total. The van der Waals surface area contributed by atoms with Gasteiger partial charge in [-0.2, -0.15) is 0 Å². The fourth-order valence-electron chi connectivity index (χ4n) is 4.49. The highest BCUT2D eigenvalue weighted by Gasteiger charge is 2.40. The van der Waals surface area contributed by atoms with Crippen molar-refractivity contribution in [3.8, 4) is 0 Å². The van der Waals surface area contributed by atoms with Crippen LogP contribution >= 0.6 is 0 Å². The van der Waals surface area contributed by atoms with Gasteiger partial charge in [0.25, 0.3) is 0 Å². The summed E-state index contributed by atoms with van der Waals surface area (Å²) in [6, 6.07) is 0. The minimum atomic E-state index is 0.118. The summed E-state index contributed by atoms with van der Waals surface area (Å²) in [5.74, 6) is 0.765. The minimum Gasteiger partial charge on any atom is -0.502 e. The summed E-state index contributed by atoms with van der Waals surface area (Å²) >= 11 is 0. The summed E-state index contributed by atoms with van der Waals surface area (Å²) < 4.78 is 17.3. The van der Waals surface area contributed by atoms with Crippen LogP contribution < -0.4 is 0 Å². The number of ether oxygens (including phenoxy) is 3. The van der Waals surface area contributed by atoms with Crippen LogP contribution in [0.15, 0.2) is 12.8 Å². The molecule has 0 bridgehead atoms. The molecule has 2 rings (SSSR count). The highest BCUT2D eigenvalue weighted by Crippen LogP contribution is 2.42. The molecule has 0 amide bonds. The zero-order valence-corrected chi connectivity index (χ0v) is 16.5. The molecule has 0 radical (unpaired) electrons. The fourth-order valence-corrected chi connectivity index (χ4v) is 4.49. The lowest BCUT2D eigenvalue weighted by atomic mass is 9.72. The summed E-state index contributed by atoms with van der Waals surface area (Å²) in [6.07, 6.45) is 18.9. The molecule has 2 aliphatic rings. The molecule has 1 saturated heterocycles. The Bertz CT molecular complexity index is 347. The molecule has 3 heteroatoms. The van der Waals surface area contributed by atoms with E-state index < -0.39 is 0 Å². The molecule has 0 N–H and O–H groups in total. The number of hydrogen-bond acceptors (Lipinski definition) is 3. The molecule has 2 atom stereocenters. The predicted octanol–water partition coefficient (Wildman–Crippen LogP) is 6.02. The van der Waals surface area contributed by atoms with Gasteiger partial charge in [-0.15, -0.1) is 0 Å². The Kier molecular flexibility index (Phi) is 9.93. The molecular formula is C22H40O3. The summed E-state index contributed by atoms with van der Waals surface area (Å²) in [5.41, 5.74) is 0.118. The largest absolute Gasteiger partial charge is 0.502 e. The van der Waals surface area contributed by atoms with Gasteiger partial charge >= 0.3 is 0 Å². The molecule has 1 aliphatic heterocycles. The van der Waals surface area contributed by atoms with E-state index in [0.717, 1.165) is 32.2 Å². The Labute approximate surface area is 155 Å². The molecule has 25 heavy (non-hydrogen) atoms. The zero-order chi connectivity index (χ0) is 17.8. The summed E-state index contributed by atoms with van der Waals surface area (Å²) in [7, 11) is 0. The average molecular weight is 353 g/mol. The first kappa shape index (κ1) is 20.8. The first-order chi connectivity index (χ1) is 12.3. The van der Waals surface area contributed by atoms with Gasteiger partial charge in [-0.3, -0.25) is 0 Å². The van der Waals surface area contributed by atoms with E-state index >= 15 is 0 Å². The first-order valence-electron chi connectivity index (χ1n) is 10.8. The summed E-state index contributed by atoms with van der Waals surface area (Å²) in [5, 5.41) is 0. The van der Waals surface area contributed by atoms with E-state index in [1.807, 2.05) is 0 Å². The van der Waals surface area contributed by atoms with Crippen LogP contribution in [0.5, 0.6) is 0 Å². The molecule has 0 aromatic rings. The van der Waals surface area contributed by atoms with Crippen LogP contribution in [0.25, 0.3) is 0 Å². The van der Waals surface area contributed by atoms with E-state index in [1.54, 1.807) is 6.26 Å². The van der Waals surface area contributed by atoms with Crippen LogP contribution in [0.3, 0.4) is 0 Å². The van der Waals surface area contributed by atoms with Gasteiger partial charge < -0.3 is 14.2 Å². The minimum absolute atomic E-state index is 0.118. The molecule has 1 aliphatic carbocycles. The molecule has 1 saturated carbocycles. The van der Waals surface area contributed by atoms with E-state index in [9.17, 15) is 0 Å². The van der Waals surface area contributed by atoms with Crippen LogP contribution in [0.1, 0.15) is 90.4 Å². The quantitative estimate of drug-likeness (QED) is 0.205. The van der Waals surface area contributed by atoms with E-state index in [2.05, 4.69) is 13.5 Å². The topological polar surface area (TPSA) is 31.0 Å². The monoisotopic (exact) mass is 352 g/mol. The normalized spacial score (nSPS) is 23.2. The van der Waals surface area contributed by atoms with Crippen molar-refractivity contribution >= 4 is 0 Å². The SMILES string of the molecule is C=COCCCCCCCC(CCC)(OCC1CO1)C1CCCCC1. The van der Waals surface area contributed by atoms with E-state index in [-0.39, 0.29) is 5.60 Å². The van der Waals surface area contributed by atoms with Gasteiger partial charge in [-0.05, 0) is 38.0 Å². The average Bonchev–Trinajstić information content (AvgIpc) is 3.47. The van der Waals surface area contributed by atoms with E-state index in [1.165, 1.54) is 77.0 Å². The van der Waals surface area contributed by atoms with Crippen molar-refractivity contribution in [3.63, 3.8) is 0 Å². The maximum absolute atomic E-state index is 6.64. The van der Waals surface area contributed by atoms with Crippen molar-refractivity contribution < 1.29 is 14.2 Å². The van der Waals surface area contributed by atoms with Crippen molar-refractivity contribution in [1.29, 1.82) is 0 Å². The Balaban J connectivity index is 1.78. The third-order valence-corrected chi connectivity index (χ3v) is 5.96. The van der Waals surface area contributed by atoms with Crippen LogP contribution in [0, 0.1) is 5.92 Å². The van der Waals surface area contributed by atoms with Crippen molar-refractivity contribution in [2.75, 3.05) is 19.8 Å². The molecular weight excluding hydrogens is 312 g/mol. The smallest absolute Gasteiger partial charge is 0.104 e. The van der Waals surface area contributed by atoms with Crippen LogP contribution in [-0.4, -0.2) is 31.5 Å². The van der Waals surface area contributed by atoms with E-state index in [0.29, 0.717) is 6.10 Å². The fraction of sp³-hybridized carbons (Fsp3) is 0.909. The van der Waals surface area contributed by atoms with Gasteiger partial charge in [0, 0.05) is 0 Å².